The first-order chi connectivity index (χ1) is 14.6. The van der Waals surface area contributed by atoms with Crippen molar-refractivity contribution in [1.29, 1.82) is 0 Å². The standard InChI is InChI=1S/C22H15N3O3S2/c1-27-16-9-10-23-18-19(16)28-22(29)25(20(18)26)21-24-15-8-7-14(12-17(15)30-21)11-13-5-3-2-4-6-13/h2-10,12H,11H2,1H3. The maximum atomic E-state index is 13.1. The fourth-order valence-corrected chi connectivity index (χ4v) is 4.66. The van der Waals surface area contributed by atoms with Crippen LogP contribution >= 0.6 is 23.6 Å². The first-order valence-electron chi connectivity index (χ1n) is 9.16. The lowest BCUT2D eigenvalue weighted by molar-refractivity contribution is 0.404. The van der Waals surface area contributed by atoms with Crippen molar-refractivity contribution < 1.29 is 9.15 Å². The summed E-state index contributed by atoms with van der Waals surface area (Å²) in [6.07, 6.45) is 2.32. The number of methoxy groups -OCH3 is 1. The summed E-state index contributed by atoms with van der Waals surface area (Å²) in [7, 11) is 1.50. The molecule has 0 unspecified atom stereocenters. The molecule has 2 aromatic carbocycles. The number of thiazole rings is 1. The minimum Gasteiger partial charge on any atom is -0.493 e. The van der Waals surface area contributed by atoms with Gasteiger partial charge in [-0.25, -0.2) is 14.5 Å². The first kappa shape index (κ1) is 18.7. The summed E-state index contributed by atoms with van der Waals surface area (Å²) < 4.78 is 13.2. The van der Waals surface area contributed by atoms with E-state index in [9.17, 15) is 4.79 Å². The van der Waals surface area contributed by atoms with Crippen LogP contribution in [-0.2, 0) is 6.42 Å². The Morgan fingerprint density at radius 2 is 1.97 bits per heavy atom. The fourth-order valence-electron chi connectivity index (χ4n) is 3.32. The van der Waals surface area contributed by atoms with Gasteiger partial charge in [0.05, 0.1) is 17.3 Å². The molecule has 5 rings (SSSR count). The van der Waals surface area contributed by atoms with E-state index in [2.05, 4.69) is 28.2 Å². The van der Waals surface area contributed by atoms with Crippen LogP contribution in [-0.4, -0.2) is 21.6 Å². The molecule has 6 nitrogen and oxygen atoms in total. The third kappa shape index (κ3) is 3.20. The summed E-state index contributed by atoms with van der Waals surface area (Å²) in [5.74, 6) is 0.408. The highest BCUT2D eigenvalue weighted by Crippen LogP contribution is 2.28. The van der Waals surface area contributed by atoms with Crippen LogP contribution in [0, 0.1) is 4.84 Å². The molecule has 0 amide bonds. The maximum Gasteiger partial charge on any atom is 0.290 e. The minimum atomic E-state index is -0.385. The summed E-state index contributed by atoms with van der Waals surface area (Å²) in [4.78, 5) is 21.8. The van der Waals surface area contributed by atoms with Gasteiger partial charge in [-0.2, -0.15) is 0 Å². The molecule has 0 spiro atoms. The van der Waals surface area contributed by atoms with Gasteiger partial charge in [0.15, 0.2) is 11.3 Å². The van der Waals surface area contributed by atoms with Crippen LogP contribution in [0.1, 0.15) is 11.1 Å². The average Bonchev–Trinajstić information content (AvgIpc) is 3.17. The van der Waals surface area contributed by atoms with Crippen molar-refractivity contribution in [3.8, 4) is 10.9 Å². The highest BCUT2D eigenvalue weighted by Gasteiger charge is 2.17. The lowest BCUT2D eigenvalue weighted by Crippen LogP contribution is -2.20. The molecule has 0 atom stereocenters. The number of pyridine rings is 1. The molecule has 0 saturated heterocycles. The number of hydrogen-bond acceptors (Lipinski definition) is 7. The molecule has 30 heavy (non-hydrogen) atoms. The summed E-state index contributed by atoms with van der Waals surface area (Å²) in [6, 6.07) is 18.0. The number of aromatic nitrogens is 3. The highest BCUT2D eigenvalue weighted by atomic mass is 32.1. The Morgan fingerprint density at radius 3 is 2.77 bits per heavy atom. The normalized spacial score (nSPS) is 11.2. The number of rotatable bonds is 4. The lowest BCUT2D eigenvalue weighted by atomic mass is 10.1. The summed E-state index contributed by atoms with van der Waals surface area (Å²) >= 11 is 6.74. The molecule has 0 aliphatic rings. The molecule has 148 valence electrons. The molecule has 8 heteroatoms. The van der Waals surface area contributed by atoms with Gasteiger partial charge in [-0.05, 0) is 41.9 Å². The average molecular weight is 434 g/mol. The van der Waals surface area contributed by atoms with Crippen LogP contribution < -0.4 is 10.3 Å². The maximum absolute atomic E-state index is 13.1. The van der Waals surface area contributed by atoms with Crippen molar-refractivity contribution in [2.75, 3.05) is 7.11 Å². The second-order valence-corrected chi connectivity index (χ2v) is 8.02. The van der Waals surface area contributed by atoms with Gasteiger partial charge in [0, 0.05) is 12.3 Å². The quantitative estimate of drug-likeness (QED) is 0.375. The molecule has 5 aromatic rings. The Hall–Kier alpha value is -3.36. The monoisotopic (exact) mass is 433 g/mol. The van der Waals surface area contributed by atoms with Gasteiger partial charge < -0.3 is 9.15 Å². The van der Waals surface area contributed by atoms with Gasteiger partial charge in [0.2, 0.25) is 10.7 Å². The molecule has 3 aromatic heterocycles. The van der Waals surface area contributed by atoms with Crippen LogP contribution in [0.5, 0.6) is 5.75 Å². The molecule has 0 N–H and O–H groups in total. The third-order valence-electron chi connectivity index (χ3n) is 4.75. The predicted octanol–water partition coefficient (Wildman–Crippen LogP) is 4.92. The SMILES string of the molecule is COc1ccnc2c(=O)n(-c3nc4ccc(Cc5ccccc5)cc4s3)c(=S)oc12. The van der Waals surface area contributed by atoms with E-state index in [1.54, 1.807) is 6.07 Å². The zero-order chi connectivity index (χ0) is 20.7. The minimum absolute atomic E-state index is 0.00219. The lowest BCUT2D eigenvalue weighted by Gasteiger charge is -2.05. The highest BCUT2D eigenvalue weighted by molar-refractivity contribution is 7.71. The van der Waals surface area contributed by atoms with Gasteiger partial charge in [-0.1, -0.05) is 47.7 Å². The van der Waals surface area contributed by atoms with Crippen LogP contribution in [0.15, 0.2) is 70.0 Å². The molecule has 0 radical (unpaired) electrons. The van der Waals surface area contributed by atoms with E-state index >= 15 is 0 Å². The van der Waals surface area contributed by atoms with Crippen molar-refractivity contribution in [3.05, 3.63) is 87.1 Å². The predicted molar refractivity (Wildman–Crippen MR) is 119 cm³/mol. The van der Waals surface area contributed by atoms with E-state index < -0.39 is 0 Å². The Bertz CT molecular complexity index is 1500. The molecular formula is C22H15N3O3S2. The zero-order valence-electron chi connectivity index (χ0n) is 15.9. The van der Waals surface area contributed by atoms with E-state index in [0.29, 0.717) is 10.9 Å². The van der Waals surface area contributed by atoms with Gasteiger partial charge in [0.1, 0.15) is 0 Å². The van der Waals surface area contributed by atoms with Crippen LogP contribution in [0.2, 0.25) is 0 Å². The van der Waals surface area contributed by atoms with Crippen LogP contribution in [0.4, 0.5) is 0 Å². The van der Waals surface area contributed by atoms with Gasteiger partial charge >= 0.3 is 0 Å². The van der Waals surface area contributed by atoms with Gasteiger partial charge in [-0.15, -0.1) is 0 Å². The zero-order valence-corrected chi connectivity index (χ0v) is 17.5. The molecule has 0 fully saturated rings. The second-order valence-electron chi connectivity index (χ2n) is 6.66. The Balaban J connectivity index is 1.62. The number of ether oxygens (including phenoxy) is 1. The van der Waals surface area contributed by atoms with E-state index in [-0.39, 0.29) is 21.5 Å². The molecular weight excluding hydrogens is 418 g/mol. The second kappa shape index (κ2) is 7.47. The molecule has 3 heterocycles. The van der Waals surface area contributed by atoms with Crippen molar-refractivity contribution in [2.24, 2.45) is 0 Å². The van der Waals surface area contributed by atoms with E-state index in [4.69, 9.17) is 21.4 Å². The van der Waals surface area contributed by atoms with E-state index in [0.717, 1.165) is 16.6 Å². The Morgan fingerprint density at radius 1 is 1.13 bits per heavy atom. The van der Waals surface area contributed by atoms with Crippen LogP contribution in [0.25, 0.3) is 26.4 Å². The number of hydrogen-bond donors (Lipinski definition) is 0. The number of benzene rings is 2. The smallest absolute Gasteiger partial charge is 0.290 e. The largest absolute Gasteiger partial charge is 0.493 e. The van der Waals surface area contributed by atoms with Gasteiger partial charge in [0.25, 0.3) is 10.4 Å². The first-order valence-corrected chi connectivity index (χ1v) is 10.4. The Labute approximate surface area is 180 Å². The molecule has 0 aliphatic carbocycles. The number of nitrogens with zero attached hydrogens (tertiary/aromatic N) is 3. The third-order valence-corrected chi connectivity index (χ3v) is 6.02. The number of fused-ring (bicyclic) bond motifs is 2. The topological polar surface area (TPSA) is 70.2 Å². The van der Waals surface area contributed by atoms with E-state index in [1.807, 2.05) is 30.3 Å². The molecule has 0 saturated carbocycles. The van der Waals surface area contributed by atoms with Crippen molar-refractivity contribution in [2.45, 2.75) is 6.42 Å². The molecule has 0 bridgehead atoms. The Kier molecular flexibility index (Phi) is 4.65. The van der Waals surface area contributed by atoms with Crippen LogP contribution in [0.3, 0.4) is 0 Å². The summed E-state index contributed by atoms with van der Waals surface area (Å²) in [5.41, 5.74) is 3.20. The summed E-state index contributed by atoms with van der Waals surface area (Å²) in [5, 5.41) is 0.451. The van der Waals surface area contributed by atoms with Crippen molar-refractivity contribution in [3.63, 3.8) is 0 Å². The van der Waals surface area contributed by atoms with Crippen molar-refractivity contribution >= 4 is 44.9 Å². The van der Waals surface area contributed by atoms with Crippen molar-refractivity contribution in [1.82, 2.24) is 14.5 Å². The van der Waals surface area contributed by atoms with E-state index in [1.165, 1.54) is 40.3 Å². The van der Waals surface area contributed by atoms with Gasteiger partial charge in [-0.3, -0.25) is 4.79 Å². The summed E-state index contributed by atoms with van der Waals surface area (Å²) in [6.45, 7) is 0. The molecule has 0 aliphatic heterocycles. The fraction of sp³-hybridized carbons (Fsp3) is 0.0909.